The number of piperidine rings is 1. The molecule has 1 saturated heterocycles. The molecule has 0 radical (unpaired) electrons. The van der Waals surface area contributed by atoms with Crippen molar-refractivity contribution in [2.45, 2.75) is 39.2 Å². The van der Waals surface area contributed by atoms with Gasteiger partial charge in [-0.3, -0.25) is 9.78 Å². The number of hydrogen-bond acceptors (Lipinski definition) is 5. The Morgan fingerprint density at radius 3 is 2.79 bits per heavy atom. The Balaban J connectivity index is 1.42. The highest BCUT2D eigenvalue weighted by atomic mass is 16.2. The zero-order chi connectivity index (χ0) is 20.2. The number of aromatic nitrogens is 3. The van der Waals surface area contributed by atoms with Crippen LogP contribution in [0.15, 0.2) is 48.9 Å². The zero-order valence-corrected chi connectivity index (χ0v) is 17.0. The molecule has 6 heteroatoms. The Morgan fingerprint density at radius 1 is 1.21 bits per heavy atom. The molecule has 150 valence electrons. The molecule has 1 amide bonds. The molecule has 1 aromatic carbocycles. The fourth-order valence-corrected chi connectivity index (χ4v) is 3.90. The van der Waals surface area contributed by atoms with E-state index in [0.717, 1.165) is 42.6 Å². The van der Waals surface area contributed by atoms with Crippen molar-refractivity contribution >= 4 is 22.8 Å². The van der Waals surface area contributed by atoms with Gasteiger partial charge in [0.15, 0.2) is 5.65 Å². The molecule has 3 heterocycles. The minimum absolute atomic E-state index is 0.00129. The van der Waals surface area contributed by atoms with E-state index in [1.165, 1.54) is 5.56 Å². The lowest BCUT2D eigenvalue weighted by molar-refractivity contribution is -0.125. The summed E-state index contributed by atoms with van der Waals surface area (Å²) in [5.41, 5.74) is 4.87. The maximum atomic E-state index is 12.9. The first-order chi connectivity index (χ1) is 14.1. The van der Waals surface area contributed by atoms with E-state index < -0.39 is 0 Å². The third-order valence-corrected chi connectivity index (χ3v) is 5.71. The number of benzene rings is 1. The van der Waals surface area contributed by atoms with Crippen LogP contribution in [0.25, 0.3) is 11.2 Å². The van der Waals surface area contributed by atoms with E-state index in [1.807, 2.05) is 19.2 Å². The molecule has 0 saturated carbocycles. The first kappa shape index (κ1) is 19.3. The van der Waals surface area contributed by atoms with Crippen molar-refractivity contribution in [3.05, 3.63) is 60.0 Å². The first-order valence-corrected chi connectivity index (χ1v) is 10.3. The van der Waals surface area contributed by atoms with Gasteiger partial charge in [-0.15, -0.1) is 0 Å². The fraction of sp³-hybridized carbons (Fsp3) is 0.391. The molecule has 1 N–H and O–H groups in total. The Bertz CT molecular complexity index is 988. The number of hydrogen-bond donors (Lipinski definition) is 1. The normalized spacial score (nSPS) is 17.9. The minimum Gasteiger partial charge on any atom is -0.369 e. The average molecular weight is 390 g/mol. The van der Waals surface area contributed by atoms with Crippen molar-refractivity contribution in [3.63, 3.8) is 0 Å². The third-order valence-electron chi connectivity index (χ3n) is 5.71. The van der Waals surface area contributed by atoms with Crippen LogP contribution in [0.1, 0.15) is 43.9 Å². The van der Waals surface area contributed by atoms with E-state index in [0.29, 0.717) is 12.2 Å². The molecule has 0 aliphatic carbocycles. The summed E-state index contributed by atoms with van der Waals surface area (Å²) in [4.78, 5) is 28.1. The molecule has 3 aromatic rings. The maximum absolute atomic E-state index is 12.9. The van der Waals surface area contributed by atoms with Crippen LogP contribution in [-0.2, 0) is 11.2 Å². The summed E-state index contributed by atoms with van der Waals surface area (Å²) in [6.45, 7) is 5.81. The van der Waals surface area contributed by atoms with Gasteiger partial charge in [0.1, 0.15) is 5.52 Å². The largest absolute Gasteiger partial charge is 0.369 e. The van der Waals surface area contributed by atoms with Gasteiger partial charge in [-0.2, -0.15) is 0 Å². The van der Waals surface area contributed by atoms with Gasteiger partial charge in [0.05, 0.1) is 23.8 Å². The highest BCUT2D eigenvalue weighted by Crippen LogP contribution is 2.25. The van der Waals surface area contributed by atoms with E-state index in [9.17, 15) is 4.79 Å². The third kappa shape index (κ3) is 4.36. The molecule has 1 aliphatic heterocycles. The lowest BCUT2D eigenvalue weighted by Crippen LogP contribution is -2.43. The first-order valence-electron chi connectivity index (χ1n) is 10.3. The molecule has 6 nitrogen and oxygen atoms in total. The van der Waals surface area contributed by atoms with Gasteiger partial charge >= 0.3 is 0 Å². The number of amides is 1. The molecule has 29 heavy (non-hydrogen) atoms. The number of pyridine rings is 1. The number of nitrogens with one attached hydrogen (secondary N) is 1. The van der Waals surface area contributed by atoms with E-state index in [2.05, 4.69) is 56.4 Å². The van der Waals surface area contributed by atoms with Crippen LogP contribution in [0.5, 0.6) is 0 Å². The zero-order valence-electron chi connectivity index (χ0n) is 17.0. The van der Waals surface area contributed by atoms with Crippen LogP contribution >= 0.6 is 0 Å². The van der Waals surface area contributed by atoms with Crippen LogP contribution in [0.4, 0.5) is 5.69 Å². The van der Waals surface area contributed by atoms with E-state index >= 15 is 0 Å². The topological polar surface area (TPSA) is 71.0 Å². The number of nitrogens with zero attached hydrogens (tertiary/aromatic N) is 4. The van der Waals surface area contributed by atoms with Gasteiger partial charge in [0.25, 0.3) is 0 Å². The van der Waals surface area contributed by atoms with Gasteiger partial charge in [-0.25, -0.2) is 9.97 Å². The van der Waals surface area contributed by atoms with Crippen molar-refractivity contribution in [2.24, 2.45) is 5.92 Å². The molecular formula is C23H27N5O. The molecular weight excluding hydrogens is 362 g/mol. The van der Waals surface area contributed by atoms with Crippen LogP contribution < -0.4 is 10.2 Å². The number of aryl methyl sites for hydroxylation is 1. The Morgan fingerprint density at radius 2 is 2.00 bits per heavy atom. The van der Waals surface area contributed by atoms with Crippen LogP contribution in [0.2, 0.25) is 0 Å². The van der Waals surface area contributed by atoms with Crippen molar-refractivity contribution in [3.8, 4) is 0 Å². The molecule has 0 spiro atoms. The Labute approximate surface area is 171 Å². The second-order valence-corrected chi connectivity index (χ2v) is 7.70. The van der Waals surface area contributed by atoms with Gasteiger partial charge in [-0.1, -0.05) is 31.2 Å². The molecule has 0 unspecified atom stereocenters. The summed E-state index contributed by atoms with van der Waals surface area (Å²) in [7, 11) is 0. The lowest BCUT2D eigenvalue weighted by atomic mass is 9.96. The quantitative estimate of drug-likeness (QED) is 0.721. The summed E-state index contributed by atoms with van der Waals surface area (Å²) in [5, 5.41) is 3.20. The van der Waals surface area contributed by atoms with Gasteiger partial charge in [0, 0.05) is 25.5 Å². The van der Waals surface area contributed by atoms with E-state index in [4.69, 9.17) is 0 Å². The highest BCUT2D eigenvalue weighted by molar-refractivity contribution is 5.80. The van der Waals surface area contributed by atoms with E-state index in [1.54, 1.807) is 12.4 Å². The van der Waals surface area contributed by atoms with Crippen LogP contribution in [-0.4, -0.2) is 33.9 Å². The number of rotatable bonds is 5. The number of anilines is 1. The second kappa shape index (κ2) is 8.55. The predicted molar refractivity (Wildman–Crippen MR) is 115 cm³/mol. The summed E-state index contributed by atoms with van der Waals surface area (Å²) < 4.78 is 0. The van der Waals surface area contributed by atoms with Crippen molar-refractivity contribution in [1.82, 2.24) is 20.3 Å². The molecule has 1 aliphatic rings. The van der Waals surface area contributed by atoms with Gasteiger partial charge in [-0.05, 0) is 43.4 Å². The number of fused-ring (bicyclic) bond motifs is 1. The molecule has 0 bridgehead atoms. The van der Waals surface area contributed by atoms with Crippen LogP contribution in [0, 0.1) is 5.92 Å². The monoisotopic (exact) mass is 389 g/mol. The second-order valence-electron chi connectivity index (χ2n) is 7.70. The number of carbonyl (C=O) groups is 1. The summed E-state index contributed by atoms with van der Waals surface area (Å²) in [5.74, 6) is 0.0916. The molecule has 2 atom stereocenters. The van der Waals surface area contributed by atoms with Crippen molar-refractivity contribution < 1.29 is 4.79 Å². The molecule has 4 rings (SSSR count). The molecule has 2 aromatic heterocycles. The Hall–Kier alpha value is -3.02. The highest BCUT2D eigenvalue weighted by Gasteiger charge is 2.27. The SMILES string of the molecule is CCc1ccc([C@H](C)NC(=O)[C@H]2CCCN(c3cnc4nccnc4c3)C2)cc1. The summed E-state index contributed by atoms with van der Waals surface area (Å²) >= 11 is 0. The van der Waals surface area contributed by atoms with E-state index in [-0.39, 0.29) is 17.9 Å². The Kier molecular flexibility index (Phi) is 5.69. The van der Waals surface area contributed by atoms with Gasteiger partial charge < -0.3 is 10.2 Å². The van der Waals surface area contributed by atoms with Crippen molar-refractivity contribution in [2.75, 3.05) is 18.0 Å². The minimum atomic E-state index is -0.0290. The van der Waals surface area contributed by atoms with Crippen molar-refractivity contribution in [1.29, 1.82) is 0 Å². The maximum Gasteiger partial charge on any atom is 0.225 e. The number of carbonyl (C=O) groups excluding carboxylic acids is 1. The summed E-state index contributed by atoms with van der Waals surface area (Å²) in [6.07, 6.45) is 8.06. The predicted octanol–water partition coefficient (Wildman–Crippen LogP) is 3.68. The summed E-state index contributed by atoms with van der Waals surface area (Å²) in [6, 6.07) is 10.5. The average Bonchev–Trinajstić information content (AvgIpc) is 2.78. The molecule has 1 fully saturated rings. The van der Waals surface area contributed by atoms with Crippen LogP contribution in [0.3, 0.4) is 0 Å². The fourth-order valence-electron chi connectivity index (χ4n) is 3.90. The smallest absolute Gasteiger partial charge is 0.225 e. The van der Waals surface area contributed by atoms with Gasteiger partial charge in [0.2, 0.25) is 5.91 Å². The standard InChI is InChI=1S/C23H27N5O/c1-3-17-6-8-18(9-7-17)16(2)27-23(29)19-5-4-12-28(15-19)20-13-21-22(26-14-20)25-11-10-24-21/h6-11,13-14,16,19H,3-5,12,15H2,1-2H3,(H,27,29)/t16-,19-/m0/s1. The lowest BCUT2D eigenvalue weighted by Gasteiger charge is -2.34.